The smallest absolute Gasteiger partial charge is 0.307 e. The number of aromatic hydroxyl groups is 1. The number of hydrogen-bond donors (Lipinski definition) is 5. The van der Waals surface area contributed by atoms with Gasteiger partial charge in [-0.05, 0) is 97.7 Å². The Morgan fingerprint density at radius 2 is 1.65 bits per heavy atom. The number of ether oxygens (including phenoxy) is 2. The molecule has 16 nitrogen and oxygen atoms in total. The lowest BCUT2D eigenvalue weighted by Crippen LogP contribution is -2.56. The van der Waals surface area contributed by atoms with Crippen molar-refractivity contribution in [3.05, 3.63) is 70.3 Å². The molecule has 3 aromatic rings. The molecule has 19 heteroatoms. The molecular formula is C50H75N7O9S3. The van der Waals surface area contributed by atoms with Gasteiger partial charge in [0.25, 0.3) is 5.91 Å². The zero-order valence-electron chi connectivity index (χ0n) is 41.8. The summed E-state index contributed by atoms with van der Waals surface area (Å²) in [4.78, 5) is 91.5. The van der Waals surface area contributed by atoms with Crippen LogP contribution >= 0.6 is 32.9 Å². The van der Waals surface area contributed by atoms with E-state index in [4.69, 9.17) is 9.47 Å². The van der Waals surface area contributed by atoms with E-state index in [1.165, 1.54) is 22.6 Å². The maximum Gasteiger partial charge on any atom is 0.307 e. The number of carbonyl (C=O) groups excluding carboxylic acids is 6. The van der Waals surface area contributed by atoms with Crippen LogP contribution in [0.3, 0.4) is 0 Å². The third-order valence-electron chi connectivity index (χ3n) is 11.4. The summed E-state index contributed by atoms with van der Waals surface area (Å²) in [7, 11) is 5.00. The first-order valence-corrected chi connectivity index (χ1v) is 27.2. The third kappa shape index (κ3) is 21.9. The maximum atomic E-state index is 14.8. The summed E-state index contributed by atoms with van der Waals surface area (Å²) in [6.07, 6.45) is 4.87. The zero-order valence-corrected chi connectivity index (χ0v) is 44.2. The van der Waals surface area contributed by atoms with Gasteiger partial charge in [-0.2, -0.15) is 0 Å². The second-order valence-corrected chi connectivity index (χ2v) is 21.5. The van der Waals surface area contributed by atoms with Crippen molar-refractivity contribution >= 4 is 68.5 Å². The van der Waals surface area contributed by atoms with Crippen molar-refractivity contribution in [1.29, 1.82) is 0 Å². The lowest BCUT2D eigenvalue weighted by molar-refractivity contribution is -0.160. The first-order chi connectivity index (χ1) is 32.9. The van der Waals surface area contributed by atoms with Gasteiger partial charge in [0.2, 0.25) is 17.7 Å². The van der Waals surface area contributed by atoms with Crippen LogP contribution in [0.1, 0.15) is 134 Å². The molecule has 5 N–H and O–H groups in total. The van der Waals surface area contributed by atoms with E-state index >= 15 is 0 Å². The number of nitrogens with one attached hydrogen (secondary N) is 4. The molecule has 0 radical (unpaired) electrons. The van der Waals surface area contributed by atoms with Crippen LogP contribution in [0, 0.1) is 23.7 Å². The van der Waals surface area contributed by atoms with E-state index < -0.39 is 53.9 Å². The van der Waals surface area contributed by atoms with Gasteiger partial charge in [0.1, 0.15) is 27.5 Å². The van der Waals surface area contributed by atoms with E-state index in [0.29, 0.717) is 43.0 Å². The number of carbonyl (C=O) groups is 6. The van der Waals surface area contributed by atoms with Gasteiger partial charge >= 0.3 is 11.9 Å². The van der Waals surface area contributed by atoms with Crippen molar-refractivity contribution in [3.63, 3.8) is 0 Å². The monoisotopic (exact) mass is 1010 g/mol. The Bertz CT molecular complexity index is 2040. The Kier molecular flexibility index (Phi) is 26.7. The molecule has 6 atom stereocenters. The fourth-order valence-corrected chi connectivity index (χ4v) is 10.1. The minimum atomic E-state index is -1.01. The largest absolute Gasteiger partial charge is 0.508 e. The van der Waals surface area contributed by atoms with Crippen LogP contribution in [0.25, 0.3) is 0 Å². The number of hydrogen-bond acceptors (Lipinski definition) is 15. The molecule has 2 heterocycles. The lowest BCUT2D eigenvalue weighted by atomic mass is 9.92. The molecule has 0 aliphatic carbocycles. The molecular weight excluding hydrogens is 939 g/mol. The SMILES string of the molecule is CCC(C)C(NC(=O)CCCCCNC)C(=O)N(COC(=O)CC(C)C)C(CC(OC(C)=O)c1nc(C(=O)NC(Cc2ccc(O)cc2)CC(C)C(=O)NCCSSc2ccccn2)cs1)C(C)C. The van der Waals surface area contributed by atoms with Crippen LogP contribution in [0.4, 0.5) is 0 Å². The zero-order chi connectivity index (χ0) is 50.9. The van der Waals surface area contributed by atoms with Gasteiger partial charge in [-0.15, -0.1) is 11.3 Å². The highest BCUT2D eigenvalue weighted by molar-refractivity contribution is 8.76. The maximum absolute atomic E-state index is 14.8. The Hall–Kier alpha value is -4.72. The van der Waals surface area contributed by atoms with Crippen LogP contribution in [-0.2, 0) is 39.9 Å². The first-order valence-electron chi connectivity index (χ1n) is 24.0. The predicted octanol–water partition coefficient (Wildman–Crippen LogP) is 7.87. The Morgan fingerprint density at radius 1 is 0.913 bits per heavy atom. The molecule has 69 heavy (non-hydrogen) atoms. The number of aromatic nitrogens is 2. The number of pyridine rings is 1. The Balaban J connectivity index is 1.86. The number of unbranched alkanes of at least 4 members (excludes halogenated alkanes) is 2. The highest BCUT2D eigenvalue weighted by Gasteiger charge is 2.38. The van der Waals surface area contributed by atoms with Gasteiger partial charge in [-0.1, -0.05) is 90.3 Å². The summed E-state index contributed by atoms with van der Waals surface area (Å²) in [5.41, 5.74) is 0.913. The van der Waals surface area contributed by atoms with Crippen LogP contribution in [0.15, 0.2) is 59.1 Å². The molecule has 0 fully saturated rings. The van der Waals surface area contributed by atoms with Crippen molar-refractivity contribution in [2.75, 3.05) is 32.6 Å². The molecule has 0 saturated carbocycles. The summed E-state index contributed by atoms with van der Waals surface area (Å²) in [5.74, 6) is -2.61. The van der Waals surface area contributed by atoms with Crippen LogP contribution in [0.2, 0.25) is 0 Å². The van der Waals surface area contributed by atoms with E-state index in [1.54, 1.807) is 46.6 Å². The number of nitrogens with zero attached hydrogens (tertiary/aromatic N) is 3. The molecule has 6 unspecified atom stereocenters. The molecule has 1 aromatic carbocycles. The van der Waals surface area contributed by atoms with E-state index in [0.717, 1.165) is 41.3 Å². The highest BCUT2D eigenvalue weighted by atomic mass is 33.1. The average molecular weight is 1010 g/mol. The van der Waals surface area contributed by atoms with Crippen molar-refractivity contribution < 1.29 is 43.3 Å². The highest BCUT2D eigenvalue weighted by Crippen LogP contribution is 2.32. The number of thiazole rings is 1. The first kappa shape index (κ1) is 58.6. The minimum absolute atomic E-state index is 0.0146. The number of amides is 4. The summed E-state index contributed by atoms with van der Waals surface area (Å²) in [5, 5.41) is 24.9. The summed E-state index contributed by atoms with van der Waals surface area (Å²) in [6.45, 7) is 15.4. The number of phenolic OH excluding ortho intramolecular Hbond substituents is 1. The molecule has 0 aliphatic heterocycles. The fraction of sp³-hybridized carbons (Fsp3) is 0.600. The quantitative estimate of drug-likeness (QED) is 0.0174. The van der Waals surface area contributed by atoms with Crippen LogP contribution in [-0.4, -0.2) is 106 Å². The number of phenols is 1. The van der Waals surface area contributed by atoms with Crippen molar-refractivity contribution in [3.8, 4) is 5.75 Å². The normalized spacial score (nSPS) is 14.0. The molecule has 4 amide bonds. The molecule has 0 spiro atoms. The summed E-state index contributed by atoms with van der Waals surface area (Å²) < 4.78 is 11.6. The Labute approximate surface area is 420 Å². The topological polar surface area (TPSA) is 218 Å². The summed E-state index contributed by atoms with van der Waals surface area (Å²) >= 11 is 1.13. The number of esters is 2. The second-order valence-electron chi connectivity index (χ2n) is 18.2. The van der Waals surface area contributed by atoms with Crippen molar-refractivity contribution in [2.45, 2.75) is 142 Å². The predicted molar refractivity (Wildman–Crippen MR) is 273 cm³/mol. The van der Waals surface area contributed by atoms with Gasteiger partial charge in [0.05, 0.1) is 0 Å². The van der Waals surface area contributed by atoms with Gasteiger partial charge in [-0.3, -0.25) is 28.8 Å². The standard InChI is InChI=1S/C50H75N7O9S3/c1-10-34(6)46(56-43(60)16-12-11-14-22-51-9)50(64)57(31-65-45(61)26-32(2)3)41(33(4)5)29-42(66-36(8)58)49-55-40(30-67-49)48(63)54-38(28-37-18-20-39(59)21-19-37)27-35(7)47(62)53-24-25-68-69-44-17-13-15-23-52-44/h13,15,17-21,23,30,32-35,38,41-42,46,51,59H,10-12,14,16,22,24-29,31H2,1-9H3,(H,53,62)(H,54,63)(H,56,60). The van der Waals surface area contributed by atoms with E-state index in [-0.39, 0.29) is 67.0 Å². The third-order valence-corrected chi connectivity index (χ3v) is 14.6. The van der Waals surface area contributed by atoms with E-state index in [2.05, 4.69) is 31.2 Å². The molecule has 2 aromatic heterocycles. The minimum Gasteiger partial charge on any atom is -0.508 e. The van der Waals surface area contributed by atoms with Gasteiger partial charge in [0, 0.05) is 68.1 Å². The summed E-state index contributed by atoms with van der Waals surface area (Å²) in [6, 6.07) is 10.2. The molecule has 382 valence electrons. The number of benzene rings is 1. The van der Waals surface area contributed by atoms with Gasteiger partial charge in [-0.25, -0.2) is 9.97 Å². The average Bonchev–Trinajstić information content (AvgIpc) is 3.81. The fourth-order valence-electron chi connectivity index (χ4n) is 7.44. The van der Waals surface area contributed by atoms with Gasteiger partial charge < -0.3 is 40.7 Å². The molecule has 3 rings (SSSR count). The number of rotatable bonds is 32. The lowest BCUT2D eigenvalue weighted by Gasteiger charge is -2.38. The van der Waals surface area contributed by atoms with E-state index in [9.17, 15) is 33.9 Å². The second kappa shape index (κ2) is 31.5. The van der Waals surface area contributed by atoms with Crippen molar-refractivity contribution in [1.82, 2.24) is 36.1 Å². The molecule has 0 bridgehead atoms. The van der Waals surface area contributed by atoms with Crippen LogP contribution < -0.4 is 21.3 Å². The molecule has 0 saturated heterocycles. The van der Waals surface area contributed by atoms with Gasteiger partial charge in [0.15, 0.2) is 12.8 Å². The molecule has 0 aliphatic rings. The Morgan fingerprint density at radius 3 is 2.29 bits per heavy atom. The van der Waals surface area contributed by atoms with Crippen molar-refractivity contribution in [2.24, 2.45) is 23.7 Å². The van der Waals surface area contributed by atoms with E-state index in [1.807, 2.05) is 73.7 Å². The van der Waals surface area contributed by atoms with Crippen LogP contribution in [0.5, 0.6) is 5.75 Å².